The number of hydrogen-bond acceptors (Lipinski definition) is 2. The molecule has 0 radical (unpaired) electrons. The smallest absolute Gasteiger partial charge is 0.282 e. The number of allylic oxidation sites excluding steroid dienone is 2. The predicted molar refractivity (Wildman–Crippen MR) is 108 cm³/mol. The van der Waals surface area contributed by atoms with Crippen LogP contribution in [-0.4, -0.2) is 42.9 Å². The summed E-state index contributed by atoms with van der Waals surface area (Å²) in [6, 6.07) is 5.43. The third-order valence-corrected chi connectivity index (χ3v) is 5.53. The second-order valence-corrected chi connectivity index (χ2v) is 8.21. The lowest BCUT2D eigenvalue weighted by Gasteiger charge is -2.28. The zero-order valence-electron chi connectivity index (χ0n) is 15.6. The number of rotatable bonds is 7. The molecule has 3 rings (SSSR count). The molecule has 1 atom stereocenters. The van der Waals surface area contributed by atoms with E-state index in [1.54, 1.807) is 18.2 Å². The van der Waals surface area contributed by atoms with Gasteiger partial charge in [0.15, 0.2) is 13.1 Å². The van der Waals surface area contributed by atoms with Crippen molar-refractivity contribution in [2.24, 2.45) is 0 Å². The molecule has 146 valence electrons. The number of anilines is 1. The summed E-state index contributed by atoms with van der Waals surface area (Å²) in [5, 5.41) is 3.54. The van der Waals surface area contributed by atoms with Gasteiger partial charge in [-0.3, -0.25) is 9.59 Å². The predicted octanol–water partition coefficient (Wildman–Crippen LogP) is 2.90. The SMILES string of the molecule is C[NH+](CC(=O)Nc1c(Cl)cccc1Cl)CC(=O)N(C1=CCCCC1)C1CC1. The van der Waals surface area contributed by atoms with Crippen LogP contribution in [0.25, 0.3) is 0 Å². The highest BCUT2D eigenvalue weighted by molar-refractivity contribution is 6.39. The van der Waals surface area contributed by atoms with Gasteiger partial charge in [-0.15, -0.1) is 0 Å². The van der Waals surface area contributed by atoms with E-state index in [2.05, 4.69) is 11.4 Å². The Morgan fingerprint density at radius 2 is 1.89 bits per heavy atom. The van der Waals surface area contributed by atoms with Crippen LogP contribution in [0.2, 0.25) is 10.0 Å². The Hall–Kier alpha value is -1.56. The molecule has 0 bridgehead atoms. The first-order chi connectivity index (χ1) is 13.0. The number of nitrogens with one attached hydrogen (secondary N) is 2. The van der Waals surface area contributed by atoms with Crippen LogP contribution in [0.3, 0.4) is 0 Å². The quantitative estimate of drug-likeness (QED) is 0.725. The van der Waals surface area contributed by atoms with Crippen molar-refractivity contribution in [3.63, 3.8) is 0 Å². The standard InChI is InChI=1S/C20H25Cl2N3O2/c1-24(12-18(26)23-20-16(21)8-5-9-17(20)22)13-19(27)25(15-10-11-15)14-6-3-2-4-7-14/h5-6,8-9,15H,2-4,7,10-13H2,1H3,(H,23,26)/p+1. The van der Waals surface area contributed by atoms with E-state index < -0.39 is 0 Å². The van der Waals surface area contributed by atoms with Crippen molar-refractivity contribution in [2.75, 3.05) is 25.5 Å². The maximum Gasteiger partial charge on any atom is 0.282 e. The Labute approximate surface area is 170 Å². The van der Waals surface area contributed by atoms with Gasteiger partial charge in [0.05, 0.1) is 22.8 Å². The minimum Gasteiger partial charge on any atom is -0.322 e. The van der Waals surface area contributed by atoms with Crippen molar-refractivity contribution in [1.29, 1.82) is 0 Å². The van der Waals surface area contributed by atoms with Gasteiger partial charge in [0.2, 0.25) is 0 Å². The van der Waals surface area contributed by atoms with Crippen molar-refractivity contribution in [2.45, 2.75) is 44.6 Å². The summed E-state index contributed by atoms with van der Waals surface area (Å²) in [5.41, 5.74) is 1.59. The van der Waals surface area contributed by atoms with Crippen LogP contribution < -0.4 is 10.2 Å². The summed E-state index contributed by atoms with van der Waals surface area (Å²) in [6.45, 7) is 0.461. The number of hydrogen-bond donors (Lipinski definition) is 2. The molecule has 5 nitrogen and oxygen atoms in total. The first-order valence-electron chi connectivity index (χ1n) is 9.52. The Morgan fingerprint density at radius 1 is 1.19 bits per heavy atom. The Balaban J connectivity index is 1.56. The van der Waals surface area contributed by atoms with Gasteiger partial charge in [-0.25, -0.2) is 0 Å². The van der Waals surface area contributed by atoms with E-state index in [-0.39, 0.29) is 24.9 Å². The zero-order chi connectivity index (χ0) is 19.4. The van der Waals surface area contributed by atoms with Gasteiger partial charge in [-0.1, -0.05) is 35.3 Å². The second-order valence-electron chi connectivity index (χ2n) is 7.39. The van der Waals surface area contributed by atoms with Crippen molar-refractivity contribution in [1.82, 2.24) is 4.90 Å². The molecule has 0 heterocycles. The summed E-state index contributed by atoms with van der Waals surface area (Å²) >= 11 is 12.2. The van der Waals surface area contributed by atoms with Gasteiger partial charge in [0.1, 0.15) is 0 Å². The normalized spacial score (nSPS) is 17.8. The summed E-state index contributed by atoms with van der Waals surface area (Å²) in [6.07, 6.45) is 8.74. The molecule has 0 saturated heterocycles. The topological polar surface area (TPSA) is 53.9 Å². The van der Waals surface area contributed by atoms with Crippen LogP contribution in [0.4, 0.5) is 5.69 Å². The molecule has 0 spiro atoms. The van der Waals surface area contributed by atoms with E-state index in [1.807, 2.05) is 11.9 Å². The lowest BCUT2D eigenvalue weighted by atomic mass is 10.0. The Morgan fingerprint density at radius 3 is 2.48 bits per heavy atom. The average Bonchev–Trinajstić information content (AvgIpc) is 3.44. The third-order valence-electron chi connectivity index (χ3n) is 4.90. The number of likely N-dealkylation sites (N-methyl/N-ethyl adjacent to an activating group) is 1. The van der Waals surface area contributed by atoms with Crippen LogP contribution in [0.1, 0.15) is 38.5 Å². The highest BCUT2D eigenvalue weighted by atomic mass is 35.5. The molecule has 1 unspecified atom stereocenters. The van der Waals surface area contributed by atoms with Gasteiger partial charge in [-0.2, -0.15) is 0 Å². The molecule has 2 aliphatic rings. The number of halogens is 2. The number of carbonyl (C=O) groups excluding carboxylic acids is 2. The van der Waals surface area contributed by atoms with E-state index in [9.17, 15) is 9.59 Å². The summed E-state index contributed by atoms with van der Waals surface area (Å²) in [4.78, 5) is 28.0. The molecule has 7 heteroatoms. The molecule has 1 fully saturated rings. The number of para-hydroxylation sites is 1. The first kappa shape index (κ1) is 20.2. The van der Waals surface area contributed by atoms with Gasteiger partial charge >= 0.3 is 0 Å². The zero-order valence-corrected chi connectivity index (χ0v) is 17.1. The summed E-state index contributed by atoms with van der Waals surface area (Å²) < 4.78 is 0. The fourth-order valence-corrected chi connectivity index (χ4v) is 3.94. The molecule has 2 amide bonds. The largest absolute Gasteiger partial charge is 0.322 e. The second kappa shape index (κ2) is 9.09. The maximum absolute atomic E-state index is 12.9. The Bertz CT molecular complexity index is 726. The molecule has 0 aliphatic heterocycles. The fourth-order valence-electron chi connectivity index (χ4n) is 3.45. The van der Waals surface area contributed by atoms with Crippen LogP contribution in [-0.2, 0) is 9.59 Å². The average molecular weight is 411 g/mol. The van der Waals surface area contributed by atoms with E-state index in [0.717, 1.165) is 37.0 Å². The van der Waals surface area contributed by atoms with Crippen molar-refractivity contribution in [3.8, 4) is 0 Å². The molecule has 1 saturated carbocycles. The highest BCUT2D eigenvalue weighted by Gasteiger charge is 2.36. The van der Waals surface area contributed by atoms with Crippen LogP contribution >= 0.6 is 23.2 Å². The molecular formula is C20H26Cl2N3O2+. The minimum atomic E-state index is -0.217. The van der Waals surface area contributed by atoms with E-state index in [4.69, 9.17) is 23.2 Å². The number of carbonyl (C=O) groups is 2. The van der Waals surface area contributed by atoms with Crippen molar-refractivity contribution < 1.29 is 14.5 Å². The van der Waals surface area contributed by atoms with Gasteiger partial charge in [0, 0.05) is 11.7 Å². The summed E-state index contributed by atoms with van der Waals surface area (Å²) in [7, 11) is 1.85. The van der Waals surface area contributed by atoms with E-state index in [0.29, 0.717) is 21.8 Å². The molecule has 2 aliphatic carbocycles. The number of nitrogens with zero attached hydrogens (tertiary/aromatic N) is 1. The van der Waals surface area contributed by atoms with Crippen LogP contribution in [0, 0.1) is 0 Å². The fraction of sp³-hybridized carbons (Fsp3) is 0.500. The van der Waals surface area contributed by atoms with Gasteiger partial charge < -0.3 is 15.1 Å². The highest BCUT2D eigenvalue weighted by Crippen LogP contribution is 2.33. The number of amides is 2. The third kappa shape index (κ3) is 5.47. The maximum atomic E-state index is 12.9. The summed E-state index contributed by atoms with van der Waals surface area (Å²) in [5.74, 6) is -0.114. The van der Waals surface area contributed by atoms with Crippen LogP contribution in [0.5, 0.6) is 0 Å². The molecule has 27 heavy (non-hydrogen) atoms. The van der Waals surface area contributed by atoms with E-state index >= 15 is 0 Å². The first-order valence-corrected chi connectivity index (χ1v) is 10.3. The molecule has 2 N–H and O–H groups in total. The molecular weight excluding hydrogens is 385 g/mol. The van der Waals surface area contributed by atoms with Gasteiger partial charge in [-0.05, 0) is 50.7 Å². The Kier molecular flexibility index (Phi) is 6.79. The van der Waals surface area contributed by atoms with Crippen molar-refractivity contribution in [3.05, 3.63) is 40.0 Å². The minimum absolute atomic E-state index is 0.103. The van der Waals surface area contributed by atoms with Crippen LogP contribution in [0.15, 0.2) is 30.0 Å². The monoisotopic (exact) mass is 410 g/mol. The van der Waals surface area contributed by atoms with Crippen molar-refractivity contribution >= 4 is 40.7 Å². The van der Waals surface area contributed by atoms with E-state index in [1.165, 1.54) is 12.1 Å². The van der Waals surface area contributed by atoms with Gasteiger partial charge in [0.25, 0.3) is 11.8 Å². The lowest BCUT2D eigenvalue weighted by molar-refractivity contribution is -0.862. The number of quaternary nitrogens is 1. The molecule has 1 aromatic carbocycles. The molecule has 1 aromatic rings. The lowest BCUT2D eigenvalue weighted by Crippen LogP contribution is -3.11. The number of benzene rings is 1. The molecule has 0 aromatic heterocycles.